The molecule has 2 N–H and O–H groups in total. The Balaban J connectivity index is 1.19. The van der Waals surface area contributed by atoms with E-state index in [9.17, 15) is 29.1 Å². The largest absolute Gasteiger partial charge is 0.462 e. The standard InChI is InChI=1S/C35H44N2O13/c1-33(2,3)49-24(40)12-10-21(16-38)36-32(43)35-14-22-25-26(46-18-45-25)28(35)50-37(27(35)30(41)47-22)15-20-8-6-7-19(13-20)9-11-23(39)48-29-31(42)44-17-34(29,4)5/h6-9,11,13,21-22,25-29,38H,10,12,14-18H2,1-5H3,(H,36,43)/t21-,22+,25-,26-,27-,28+,29-,35-/m0/s1. The highest BCUT2D eigenvalue weighted by atomic mass is 16.8. The van der Waals surface area contributed by atoms with Crippen molar-refractivity contribution in [3.8, 4) is 0 Å². The highest BCUT2D eigenvalue weighted by molar-refractivity contribution is 5.94. The van der Waals surface area contributed by atoms with Gasteiger partial charge in [0.15, 0.2) is 6.04 Å². The SMILES string of the molecule is CC(C)(C)OC(=O)CC[C@@H](CO)NC(=O)[C@@]12C[C@H]3OC(=O)[C@@H]1N(Cc1cccc(C=CC(=O)O[C@H]4C(=O)OCC4(C)C)c1)O[C@@H]2[C@H]1OCO[C@H]13. The van der Waals surface area contributed by atoms with Gasteiger partial charge in [-0.1, -0.05) is 38.1 Å². The van der Waals surface area contributed by atoms with Gasteiger partial charge in [-0.25, -0.2) is 9.59 Å². The highest BCUT2D eigenvalue weighted by Gasteiger charge is 2.74. The zero-order valence-electron chi connectivity index (χ0n) is 28.7. The minimum absolute atomic E-state index is 0.0365. The lowest BCUT2D eigenvalue weighted by atomic mass is 9.62. The zero-order valence-corrected chi connectivity index (χ0v) is 28.7. The van der Waals surface area contributed by atoms with Crippen LogP contribution in [-0.4, -0.2) is 108 Å². The van der Waals surface area contributed by atoms with Crippen LogP contribution >= 0.6 is 0 Å². The fraction of sp³-hybridized carbons (Fsp3) is 0.629. The third-order valence-corrected chi connectivity index (χ3v) is 9.61. The summed E-state index contributed by atoms with van der Waals surface area (Å²) in [5, 5.41) is 14.4. The van der Waals surface area contributed by atoms with Gasteiger partial charge >= 0.3 is 23.9 Å². The molecule has 1 saturated carbocycles. The lowest BCUT2D eigenvalue weighted by Crippen LogP contribution is -2.70. The van der Waals surface area contributed by atoms with Gasteiger partial charge in [0.25, 0.3) is 0 Å². The number of hydroxylamine groups is 2. The first-order valence-corrected chi connectivity index (χ1v) is 16.8. The molecular weight excluding hydrogens is 656 g/mol. The maximum absolute atomic E-state index is 14.3. The molecule has 0 spiro atoms. The van der Waals surface area contributed by atoms with E-state index in [1.807, 2.05) is 0 Å². The maximum atomic E-state index is 14.3. The van der Waals surface area contributed by atoms with Gasteiger partial charge in [0.05, 0.1) is 19.2 Å². The van der Waals surface area contributed by atoms with E-state index in [0.29, 0.717) is 11.1 Å². The molecular formula is C35H44N2O13. The number of carbonyl (C=O) groups excluding carboxylic acids is 5. The van der Waals surface area contributed by atoms with Crippen LogP contribution in [0.1, 0.15) is 65.0 Å². The molecule has 1 aliphatic carbocycles. The predicted molar refractivity (Wildman–Crippen MR) is 170 cm³/mol. The number of nitrogens with zero attached hydrogens (tertiary/aromatic N) is 1. The number of esters is 4. The minimum Gasteiger partial charge on any atom is -0.462 e. The number of hydrogen-bond donors (Lipinski definition) is 2. The highest BCUT2D eigenvalue weighted by Crippen LogP contribution is 2.55. The van der Waals surface area contributed by atoms with E-state index in [-0.39, 0.29) is 39.2 Å². The number of benzene rings is 1. The quantitative estimate of drug-likeness (QED) is 0.191. The molecule has 6 rings (SSSR count). The maximum Gasteiger partial charge on any atom is 0.348 e. The molecule has 50 heavy (non-hydrogen) atoms. The van der Waals surface area contributed by atoms with Gasteiger partial charge in [-0.15, -0.1) is 0 Å². The summed E-state index contributed by atoms with van der Waals surface area (Å²) in [6.07, 6.45) is -1.08. The van der Waals surface area contributed by atoms with Crippen LogP contribution in [0, 0.1) is 10.8 Å². The molecule has 1 amide bonds. The second-order valence-electron chi connectivity index (χ2n) is 15.1. The van der Waals surface area contributed by atoms with Crippen molar-refractivity contribution in [1.29, 1.82) is 0 Å². The van der Waals surface area contributed by atoms with Gasteiger partial charge in [0, 0.05) is 24.3 Å². The smallest absolute Gasteiger partial charge is 0.348 e. The number of carbonyl (C=O) groups is 5. The number of cyclic esters (lactones) is 1. The van der Waals surface area contributed by atoms with E-state index >= 15 is 0 Å². The second-order valence-corrected chi connectivity index (χ2v) is 15.1. The molecule has 15 heteroatoms. The van der Waals surface area contributed by atoms with Crippen LogP contribution in [0.2, 0.25) is 0 Å². The topological polar surface area (TPSA) is 185 Å². The van der Waals surface area contributed by atoms with E-state index in [2.05, 4.69) is 5.32 Å². The molecule has 4 saturated heterocycles. The lowest BCUT2D eigenvalue weighted by molar-refractivity contribution is -0.201. The van der Waals surface area contributed by atoms with Gasteiger partial charge in [-0.3, -0.25) is 19.2 Å². The van der Waals surface area contributed by atoms with Crippen LogP contribution in [0.15, 0.2) is 30.3 Å². The first-order valence-electron chi connectivity index (χ1n) is 16.8. The molecule has 272 valence electrons. The number of fused-ring (bicyclic) bond motifs is 4. The Morgan fingerprint density at radius 2 is 1.90 bits per heavy atom. The van der Waals surface area contributed by atoms with Crippen molar-refractivity contribution < 1.29 is 62.3 Å². The molecule has 4 heterocycles. The summed E-state index contributed by atoms with van der Waals surface area (Å²) in [5.41, 5.74) is -1.46. The third-order valence-electron chi connectivity index (χ3n) is 9.61. The van der Waals surface area contributed by atoms with Crippen molar-refractivity contribution >= 4 is 35.9 Å². The third kappa shape index (κ3) is 7.01. The Morgan fingerprint density at radius 3 is 2.60 bits per heavy atom. The molecule has 1 aromatic rings. The monoisotopic (exact) mass is 700 g/mol. The summed E-state index contributed by atoms with van der Waals surface area (Å²) < 4.78 is 33.2. The fourth-order valence-electron chi connectivity index (χ4n) is 7.28. The summed E-state index contributed by atoms with van der Waals surface area (Å²) in [4.78, 5) is 71.4. The number of hydrogen-bond acceptors (Lipinski definition) is 14. The van der Waals surface area contributed by atoms with E-state index in [1.54, 1.807) is 65.0 Å². The Kier molecular flexibility index (Phi) is 9.82. The van der Waals surface area contributed by atoms with Gasteiger partial charge in [-0.2, -0.15) is 5.06 Å². The van der Waals surface area contributed by atoms with Gasteiger partial charge in [0.2, 0.25) is 12.0 Å². The van der Waals surface area contributed by atoms with Gasteiger partial charge in [0.1, 0.15) is 48.8 Å². The molecule has 4 aliphatic heterocycles. The molecule has 0 aromatic heterocycles. The van der Waals surface area contributed by atoms with E-state index in [4.69, 9.17) is 33.3 Å². The molecule has 8 atom stereocenters. The predicted octanol–water partition coefficient (Wildman–Crippen LogP) is 1.34. The average molecular weight is 701 g/mol. The molecule has 15 nitrogen and oxygen atoms in total. The van der Waals surface area contributed by atoms with Crippen LogP contribution in [-0.2, 0) is 63.8 Å². The number of nitrogens with one attached hydrogen (secondary N) is 1. The Hall–Kier alpha value is -3.89. The summed E-state index contributed by atoms with van der Waals surface area (Å²) in [6, 6.07) is 5.15. The Morgan fingerprint density at radius 1 is 1.14 bits per heavy atom. The molecule has 1 aromatic carbocycles. The normalized spacial score (nSPS) is 31.9. The van der Waals surface area contributed by atoms with Crippen molar-refractivity contribution in [1.82, 2.24) is 10.4 Å². The summed E-state index contributed by atoms with van der Waals surface area (Å²) >= 11 is 0. The Bertz CT molecular complexity index is 1550. The van der Waals surface area contributed by atoms with E-state index < -0.39 is 95.4 Å². The Labute approximate surface area is 289 Å². The second kappa shape index (κ2) is 13.7. The summed E-state index contributed by atoms with van der Waals surface area (Å²) in [6.45, 7) is 8.52. The average Bonchev–Trinajstić information content (AvgIpc) is 3.73. The van der Waals surface area contributed by atoms with Crippen LogP contribution < -0.4 is 5.32 Å². The van der Waals surface area contributed by atoms with Crippen molar-refractivity contribution in [3.63, 3.8) is 0 Å². The molecule has 0 unspecified atom stereocenters. The molecule has 5 aliphatic rings. The first kappa shape index (κ1) is 35.9. The summed E-state index contributed by atoms with van der Waals surface area (Å²) in [7, 11) is 0. The molecule has 0 radical (unpaired) electrons. The number of aliphatic hydroxyl groups is 1. The number of ether oxygens (including phenoxy) is 6. The molecule has 5 fully saturated rings. The number of amides is 1. The number of rotatable bonds is 11. The van der Waals surface area contributed by atoms with Crippen LogP contribution in [0.5, 0.6) is 0 Å². The minimum atomic E-state index is -1.45. The fourth-order valence-corrected chi connectivity index (χ4v) is 7.28. The van der Waals surface area contributed by atoms with Crippen LogP contribution in [0.3, 0.4) is 0 Å². The number of aliphatic hydroxyl groups excluding tert-OH is 1. The van der Waals surface area contributed by atoms with E-state index in [1.165, 1.54) is 11.1 Å². The summed E-state index contributed by atoms with van der Waals surface area (Å²) in [5.74, 6) is -2.94. The van der Waals surface area contributed by atoms with Crippen LogP contribution in [0.25, 0.3) is 6.08 Å². The van der Waals surface area contributed by atoms with Crippen molar-refractivity contribution in [2.24, 2.45) is 10.8 Å². The van der Waals surface area contributed by atoms with Crippen LogP contribution in [0.4, 0.5) is 0 Å². The van der Waals surface area contributed by atoms with Crippen molar-refractivity contribution in [2.75, 3.05) is 20.0 Å². The van der Waals surface area contributed by atoms with Gasteiger partial charge in [-0.05, 0) is 44.4 Å². The van der Waals surface area contributed by atoms with Gasteiger partial charge < -0.3 is 38.8 Å². The zero-order chi connectivity index (χ0) is 36.0. The van der Waals surface area contributed by atoms with E-state index in [0.717, 1.165) is 0 Å². The molecule has 2 bridgehead atoms. The van der Waals surface area contributed by atoms with Crippen molar-refractivity contribution in [3.05, 3.63) is 41.5 Å². The first-order chi connectivity index (χ1) is 23.6. The van der Waals surface area contributed by atoms with Crippen molar-refractivity contribution in [2.45, 2.75) is 109 Å². The lowest BCUT2D eigenvalue weighted by Gasteiger charge is -2.49.